The van der Waals surface area contributed by atoms with Crippen LogP contribution in [0.1, 0.15) is 32.6 Å². The van der Waals surface area contributed by atoms with E-state index in [0.29, 0.717) is 11.8 Å². The van der Waals surface area contributed by atoms with Crippen LogP contribution in [0.4, 0.5) is 0 Å². The molecule has 1 unspecified atom stereocenters. The van der Waals surface area contributed by atoms with Gasteiger partial charge < -0.3 is 0 Å². The second kappa shape index (κ2) is 2.87. The van der Waals surface area contributed by atoms with E-state index in [2.05, 4.69) is 13.0 Å². The zero-order valence-electron chi connectivity index (χ0n) is 5.93. The molecular weight excluding hydrogens is 110 g/mol. The van der Waals surface area contributed by atoms with Crippen molar-refractivity contribution in [3.8, 4) is 6.07 Å². The smallest absolute Gasteiger partial charge is 0.0658 e. The van der Waals surface area contributed by atoms with Crippen LogP contribution in [0, 0.1) is 23.2 Å². The van der Waals surface area contributed by atoms with Crippen molar-refractivity contribution in [2.24, 2.45) is 11.8 Å². The summed E-state index contributed by atoms with van der Waals surface area (Å²) < 4.78 is 0. The van der Waals surface area contributed by atoms with Crippen molar-refractivity contribution in [2.45, 2.75) is 32.6 Å². The number of nitrogens with zero attached hydrogens (tertiary/aromatic N) is 1. The van der Waals surface area contributed by atoms with Gasteiger partial charge in [0.15, 0.2) is 0 Å². The fraction of sp³-hybridized carbons (Fsp3) is 0.875. The Hall–Kier alpha value is -0.510. The van der Waals surface area contributed by atoms with Crippen LogP contribution in [0.5, 0.6) is 0 Å². The lowest BCUT2D eigenvalue weighted by molar-refractivity contribution is 0.313. The van der Waals surface area contributed by atoms with E-state index in [1.807, 2.05) is 0 Å². The molecule has 0 N–H and O–H groups in total. The summed E-state index contributed by atoms with van der Waals surface area (Å²) in [5.74, 6) is 1.02. The van der Waals surface area contributed by atoms with Crippen LogP contribution in [-0.2, 0) is 0 Å². The molecule has 0 spiro atoms. The molecule has 0 heterocycles. The van der Waals surface area contributed by atoms with Crippen molar-refractivity contribution in [3.63, 3.8) is 0 Å². The SMILES string of the molecule is CC1CCCC[C@H]1C#N. The molecule has 1 fully saturated rings. The topological polar surface area (TPSA) is 23.8 Å². The minimum absolute atomic E-state index is 0.360. The molecule has 1 heteroatoms. The van der Waals surface area contributed by atoms with E-state index in [0.717, 1.165) is 6.42 Å². The highest BCUT2D eigenvalue weighted by Gasteiger charge is 2.19. The molecule has 1 saturated carbocycles. The van der Waals surface area contributed by atoms with Gasteiger partial charge in [-0.3, -0.25) is 0 Å². The third-order valence-electron chi connectivity index (χ3n) is 2.28. The summed E-state index contributed by atoms with van der Waals surface area (Å²) >= 11 is 0. The Morgan fingerprint density at radius 2 is 2.00 bits per heavy atom. The van der Waals surface area contributed by atoms with Crippen molar-refractivity contribution in [3.05, 3.63) is 0 Å². The average molecular weight is 123 g/mol. The standard InChI is InChI=1S/C8H13N/c1-7-4-2-3-5-8(7)6-9/h7-8H,2-5H2,1H3/t7?,8-/m0/s1. The van der Waals surface area contributed by atoms with Crippen molar-refractivity contribution < 1.29 is 0 Å². The van der Waals surface area contributed by atoms with Crippen molar-refractivity contribution in [1.29, 1.82) is 5.26 Å². The monoisotopic (exact) mass is 123 g/mol. The number of hydrogen-bond donors (Lipinski definition) is 0. The van der Waals surface area contributed by atoms with Gasteiger partial charge in [-0.05, 0) is 18.8 Å². The van der Waals surface area contributed by atoms with Gasteiger partial charge in [0.2, 0.25) is 0 Å². The third kappa shape index (κ3) is 1.45. The Balaban J connectivity index is 2.41. The second-order valence-electron chi connectivity index (χ2n) is 3.00. The van der Waals surface area contributed by atoms with Crippen LogP contribution in [0.15, 0.2) is 0 Å². The summed E-state index contributed by atoms with van der Waals surface area (Å²) in [5.41, 5.74) is 0. The summed E-state index contributed by atoms with van der Waals surface area (Å²) in [6.45, 7) is 2.19. The lowest BCUT2D eigenvalue weighted by Crippen LogP contribution is -2.14. The fourth-order valence-electron chi connectivity index (χ4n) is 1.51. The summed E-state index contributed by atoms with van der Waals surface area (Å²) in [7, 11) is 0. The van der Waals surface area contributed by atoms with Crippen molar-refractivity contribution >= 4 is 0 Å². The number of rotatable bonds is 0. The highest BCUT2D eigenvalue weighted by Crippen LogP contribution is 2.28. The van der Waals surface area contributed by atoms with Gasteiger partial charge in [0, 0.05) is 5.92 Å². The van der Waals surface area contributed by atoms with Crippen LogP contribution in [0.25, 0.3) is 0 Å². The molecule has 0 aliphatic heterocycles. The van der Waals surface area contributed by atoms with Gasteiger partial charge in [-0.15, -0.1) is 0 Å². The molecule has 2 atom stereocenters. The maximum absolute atomic E-state index is 8.61. The summed E-state index contributed by atoms with van der Waals surface area (Å²) in [6, 6.07) is 2.35. The van der Waals surface area contributed by atoms with Crippen molar-refractivity contribution in [1.82, 2.24) is 0 Å². The minimum Gasteiger partial charge on any atom is -0.198 e. The molecular formula is C8H13N. The first-order valence-electron chi connectivity index (χ1n) is 3.74. The fourth-order valence-corrected chi connectivity index (χ4v) is 1.51. The van der Waals surface area contributed by atoms with Crippen LogP contribution in [0.3, 0.4) is 0 Å². The first-order valence-corrected chi connectivity index (χ1v) is 3.74. The molecule has 9 heavy (non-hydrogen) atoms. The first-order chi connectivity index (χ1) is 4.34. The molecule has 0 aromatic rings. The molecule has 0 saturated heterocycles. The van der Waals surface area contributed by atoms with E-state index in [1.165, 1.54) is 19.3 Å². The second-order valence-corrected chi connectivity index (χ2v) is 3.00. The summed E-state index contributed by atoms with van der Waals surface area (Å²) in [4.78, 5) is 0. The maximum Gasteiger partial charge on any atom is 0.0658 e. The van der Waals surface area contributed by atoms with Crippen LogP contribution in [0.2, 0.25) is 0 Å². The highest BCUT2D eigenvalue weighted by molar-refractivity contribution is 4.88. The predicted molar refractivity (Wildman–Crippen MR) is 36.7 cm³/mol. The van der Waals surface area contributed by atoms with Crippen molar-refractivity contribution in [2.75, 3.05) is 0 Å². The largest absolute Gasteiger partial charge is 0.198 e. The Morgan fingerprint density at radius 3 is 2.44 bits per heavy atom. The van der Waals surface area contributed by atoms with Crippen LogP contribution >= 0.6 is 0 Å². The van der Waals surface area contributed by atoms with E-state index < -0.39 is 0 Å². The molecule has 1 aliphatic carbocycles. The molecule has 50 valence electrons. The Morgan fingerprint density at radius 1 is 1.33 bits per heavy atom. The quantitative estimate of drug-likeness (QED) is 0.485. The van der Waals surface area contributed by atoms with Gasteiger partial charge in [0.1, 0.15) is 0 Å². The lowest BCUT2D eigenvalue weighted by Gasteiger charge is -2.22. The lowest BCUT2D eigenvalue weighted by atomic mass is 9.81. The highest BCUT2D eigenvalue weighted by atomic mass is 14.3. The zero-order valence-corrected chi connectivity index (χ0v) is 5.93. The van der Waals surface area contributed by atoms with Gasteiger partial charge in [-0.1, -0.05) is 19.8 Å². The van der Waals surface area contributed by atoms with Gasteiger partial charge in [0.25, 0.3) is 0 Å². The average Bonchev–Trinajstić information content (AvgIpc) is 1.89. The number of hydrogen-bond acceptors (Lipinski definition) is 1. The molecule has 0 aromatic heterocycles. The molecule has 1 rings (SSSR count). The van der Waals surface area contributed by atoms with Crippen LogP contribution in [-0.4, -0.2) is 0 Å². The van der Waals surface area contributed by atoms with E-state index in [1.54, 1.807) is 0 Å². The Labute approximate surface area is 56.7 Å². The van der Waals surface area contributed by atoms with Gasteiger partial charge in [0.05, 0.1) is 6.07 Å². The molecule has 1 aliphatic rings. The Kier molecular flexibility index (Phi) is 2.10. The number of nitriles is 1. The van der Waals surface area contributed by atoms with Gasteiger partial charge >= 0.3 is 0 Å². The molecule has 0 amide bonds. The van der Waals surface area contributed by atoms with Gasteiger partial charge in [-0.2, -0.15) is 5.26 Å². The molecule has 0 aromatic carbocycles. The summed E-state index contributed by atoms with van der Waals surface area (Å²) in [6.07, 6.45) is 5.00. The third-order valence-corrected chi connectivity index (χ3v) is 2.28. The first kappa shape index (κ1) is 6.61. The molecule has 0 radical (unpaired) electrons. The molecule has 0 bridgehead atoms. The molecule has 1 nitrogen and oxygen atoms in total. The normalized spacial score (nSPS) is 35.6. The summed E-state index contributed by atoms with van der Waals surface area (Å²) in [5, 5.41) is 8.61. The van der Waals surface area contributed by atoms with E-state index in [9.17, 15) is 0 Å². The predicted octanol–water partition coefficient (Wildman–Crippen LogP) is 2.34. The minimum atomic E-state index is 0.360. The maximum atomic E-state index is 8.61. The van der Waals surface area contributed by atoms with Crippen LogP contribution < -0.4 is 0 Å². The van der Waals surface area contributed by atoms with Gasteiger partial charge in [-0.25, -0.2) is 0 Å². The zero-order chi connectivity index (χ0) is 6.69. The van der Waals surface area contributed by atoms with E-state index >= 15 is 0 Å². The van der Waals surface area contributed by atoms with E-state index in [4.69, 9.17) is 5.26 Å². The van der Waals surface area contributed by atoms with E-state index in [-0.39, 0.29) is 0 Å². The Bertz CT molecular complexity index is 123.